The zero-order valence-electron chi connectivity index (χ0n) is 11.2. The molecule has 1 aromatic heterocycles. The van der Waals surface area contributed by atoms with E-state index in [0.717, 1.165) is 6.26 Å². The first kappa shape index (κ1) is 15.6. The van der Waals surface area contributed by atoms with Crippen LogP contribution >= 0.6 is 0 Å². The zero-order valence-corrected chi connectivity index (χ0v) is 12.0. The lowest BCUT2D eigenvalue weighted by Crippen LogP contribution is -2.32. The van der Waals surface area contributed by atoms with Crippen LogP contribution in [0.25, 0.3) is 0 Å². The van der Waals surface area contributed by atoms with Gasteiger partial charge in [0.2, 0.25) is 5.89 Å². The number of carbonyl (C=O) groups is 1. The molecule has 0 aliphatic carbocycles. The first-order valence-electron chi connectivity index (χ1n) is 5.95. The average molecular weight is 290 g/mol. The second-order valence-corrected chi connectivity index (χ2v) is 6.78. The molecule has 1 heterocycles. The van der Waals surface area contributed by atoms with Crippen molar-refractivity contribution in [1.29, 1.82) is 0 Å². The lowest BCUT2D eigenvalue weighted by atomic mass is 9.79. The smallest absolute Gasteiger partial charge is 0.310 e. The van der Waals surface area contributed by atoms with Gasteiger partial charge in [-0.15, -0.1) is 0 Å². The number of nitrogens with zero attached hydrogens (tertiary/aromatic N) is 2. The van der Waals surface area contributed by atoms with Gasteiger partial charge in [0, 0.05) is 12.7 Å². The van der Waals surface area contributed by atoms with Crippen molar-refractivity contribution in [1.82, 2.24) is 10.1 Å². The summed E-state index contributed by atoms with van der Waals surface area (Å²) in [6.07, 6.45) is 2.04. The molecule has 7 nitrogen and oxygen atoms in total. The molecule has 0 amide bonds. The van der Waals surface area contributed by atoms with Crippen molar-refractivity contribution < 1.29 is 22.8 Å². The van der Waals surface area contributed by atoms with Gasteiger partial charge < -0.3 is 9.63 Å². The Morgan fingerprint density at radius 1 is 1.37 bits per heavy atom. The molecule has 0 spiro atoms. The zero-order chi connectivity index (χ0) is 14.7. The highest BCUT2D eigenvalue weighted by molar-refractivity contribution is 7.89. The summed E-state index contributed by atoms with van der Waals surface area (Å²) in [6, 6.07) is 0. The van der Waals surface area contributed by atoms with E-state index in [1.807, 2.05) is 0 Å². The van der Waals surface area contributed by atoms with Crippen LogP contribution in [0.3, 0.4) is 0 Å². The van der Waals surface area contributed by atoms with Crippen LogP contribution in [0.5, 0.6) is 0 Å². The lowest BCUT2D eigenvalue weighted by Gasteiger charge is -2.24. The van der Waals surface area contributed by atoms with Gasteiger partial charge in [0.1, 0.15) is 5.75 Å². The minimum absolute atomic E-state index is 0.0593. The molecular formula is C11H18N2O5S. The Bertz CT molecular complexity index is 545. The van der Waals surface area contributed by atoms with Crippen LogP contribution in [0.1, 0.15) is 38.4 Å². The quantitative estimate of drug-likeness (QED) is 0.798. The van der Waals surface area contributed by atoms with Gasteiger partial charge >= 0.3 is 5.97 Å². The molecule has 0 fully saturated rings. The van der Waals surface area contributed by atoms with Gasteiger partial charge in [-0.1, -0.05) is 19.0 Å². The van der Waals surface area contributed by atoms with Crippen LogP contribution in [0.4, 0.5) is 0 Å². The Morgan fingerprint density at radius 2 is 1.95 bits per heavy atom. The van der Waals surface area contributed by atoms with E-state index in [1.54, 1.807) is 13.8 Å². The number of sulfone groups is 1. The van der Waals surface area contributed by atoms with Gasteiger partial charge in [0.15, 0.2) is 15.7 Å². The van der Waals surface area contributed by atoms with E-state index < -0.39 is 21.2 Å². The summed E-state index contributed by atoms with van der Waals surface area (Å²) in [7, 11) is -3.24. The molecule has 108 valence electrons. The average Bonchev–Trinajstić information content (AvgIpc) is 2.70. The summed E-state index contributed by atoms with van der Waals surface area (Å²) in [6.45, 7) is 3.57. The highest BCUT2D eigenvalue weighted by Crippen LogP contribution is 2.30. The van der Waals surface area contributed by atoms with Crippen LogP contribution in [0.15, 0.2) is 4.52 Å². The monoisotopic (exact) mass is 290 g/mol. The minimum atomic E-state index is -3.24. The van der Waals surface area contributed by atoms with E-state index >= 15 is 0 Å². The van der Waals surface area contributed by atoms with Gasteiger partial charge in [-0.2, -0.15) is 4.98 Å². The second-order valence-electron chi connectivity index (χ2n) is 4.64. The van der Waals surface area contributed by atoms with E-state index in [0.29, 0.717) is 12.8 Å². The Balaban J connectivity index is 2.91. The fourth-order valence-electron chi connectivity index (χ4n) is 1.82. The predicted octanol–water partition coefficient (Wildman–Crippen LogP) is 1.05. The molecule has 1 rings (SSSR count). The summed E-state index contributed by atoms with van der Waals surface area (Å²) in [5.41, 5.74) is -0.950. The minimum Gasteiger partial charge on any atom is -0.481 e. The van der Waals surface area contributed by atoms with Crippen molar-refractivity contribution in [2.24, 2.45) is 5.41 Å². The summed E-state index contributed by atoms with van der Waals surface area (Å²) < 4.78 is 27.1. The molecule has 0 unspecified atom stereocenters. The van der Waals surface area contributed by atoms with Gasteiger partial charge in [-0.25, -0.2) is 8.42 Å². The molecular weight excluding hydrogens is 272 g/mol. The maximum Gasteiger partial charge on any atom is 0.310 e. The Hall–Kier alpha value is -1.44. The number of aliphatic carboxylic acids is 1. The Morgan fingerprint density at radius 3 is 2.37 bits per heavy atom. The third kappa shape index (κ3) is 4.02. The molecule has 8 heteroatoms. The molecule has 0 radical (unpaired) electrons. The highest BCUT2D eigenvalue weighted by Gasteiger charge is 2.37. The van der Waals surface area contributed by atoms with E-state index in [9.17, 15) is 18.3 Å². The van der Waals surface area contributed by atoms with Crippen molar-refractivity contribution in [3.63, 3.8) is 0 Å². The maximum absolute atomic E-state index is 11.3. The van der Waals surface area contributed by atoms with Gasteiger partial charge in [-0.3, -0.25) is 4.79 Å². The molecule has 0 atom stereocenters. The van der Waals surface area contributed by atoms with E-state index in [2.05, 4.69) is 10.1 Å². The molecule has 0 saturated heterocycles. The normalized spacial score (nSPS) is 12.6. The summed E-state index contributed by atoms with van der Waals surface area (Å²) >= 11 is 0. The van der Waals surface area contributed by atoms with Crippen molar-refractivity contribution >= 4 is 15.8 Å². The van der Waals surface area contributed by atoms with Crippen LogP contribution in [-0.4, -0.2) is 35.9 Å². The van der Waals surface area contributed by atoms with Crippen molar-refractivity contribution in [2.75, 3.05) is 6.26 Å². The highest BCUT2D eigenvalue weighted by atomic mass is 32.2. The Labute approximate surface area is 111 Å². The molecule has 0 saturated carbocycles. The van der Waals surface area contributed by atoms with Crippen molar-refractivity contribution in [3.05, 3.63) is 11.7 Å². The van der Waals surface area contributed by atoms with Gasteiger partial charge in [0.25, 0.3) is 0 Å². The topological polar surface area (TPSA) is 110 Å². The number of carboxylic acids is 1. The number of carboxylic acid groups (broad SMARTS) is 1. The fourth-order valence-corrected chi connectivity index (χ4v) is 2.41. The molecule has 19 heavy (non-hydrogen) atoms. The van der Waals surface area contributed by atoms with Gasteiger partial charge in [-0.05, 0) is 12.8 Å². The fraction of sp³-hybridized carbons (Fsp3) is 0.727. The summed E-state index contributed by atoms with van der Waals surface area (Å²) in [5.74, 6) is -1.01. The molecule has 0 aliphatic heterocycles. The molecule has 0 bridgehead atoms. The third-order valence-electron chi connectivity index (χ3n) is 3.20. The van der Waals surface area contributed by atoms with Gasteiger partial charge in [0.05, 0.1) is 5.41 Å². The van der Waals surface area contributed by atoms with Crippen LogP contribution in [0.2, 0.25) is 0 Å². The van der Waals surface area contributed by atoms with E-state index in [1.165, 1.54) is 0 Å². The molecule has 1 N–H and O–H groups in total. The molecule has 0 aromatic carbocycles. The SMILES string of the molecule is CCC(CC)(Cc1nc(CS(C)(=O)=O)no1)C(=O)O. The standard InChI is InChI=1S/C11H18N2O5S/c1-4-11(5-2,10(14)15)6-9-12-8(13-18-9)7-19(3,16)17/h4-7H2,1-3H3,(H,14,15). The third-order valence-corrected chi connectivity index (χ3v) is 3.98. The Kier molecular flexibility index (Phi) is 4.67. The van der Waals surface area contributed by atoms with Crippen LogP contribution in [-0.2, 0) is 26.8 Å². The lowest BCUT2D eigenvalue weighted by molar-refractivity contribution is -0.149. The largest absolute Gasteiger partial charge is 0.481 e. The van der Waals surface area contributed by atoms with E-state index in [-0.39, 0.29) is 23.9 Å². The first-order chi connectivity index (χ1) is 8.72. The van der Waals surface area contributed by atoms with Crippen molar-refractivity contribution in [3.8, 4) is 0 Å². The number of rotatable bonds is 7. The maximum atomic E-state index is 11.3. The number of hydrogen-bond acceptors (Lipinski definition) is 6. The molecule has 1 aromatic rings. The second kappa shape index (κ2) is 5.68. The first-order valence-corrected chi connectivity index (χ1v) is 8.01. The molecule has 0 aliphatic rings. The predicted molar refractivity (Wildman–Crippen MR) is 67.2 cm³/mol. The van der Waals surface area contributed by atoms with Crippen LogP contribution in [0, 0.1) is 5.41 Å². The van der Waals surface area contributed by atoms with Crippen molar-refractivity contribution in [2.45, 2.75) is 38.9 Å². The number of aromatic nitrogens is 2. The summed E-state index contributed by atoms with van der Waals surface area (Å²) in [4.78, 5) is 15.3. The summed E-state index contributed by atoms with van der Waals surface area (Å²) in [5, 5.41) is 12.8. The number of hydrogen-bond donors (Lipinski definition) is 1. The van der Waals surface area contributed by atoms with E-state index in [4.69, 9.17) is 4.52 Å². The van der Waals surface area contributed by atoms with Crippen LogP contribution < -0.4 is 0 Å².